The van der Waals surface area contributed by atoms with Crippen LogP contribution < -0.4 is 5.32 Å². The van der Waals surface area contributed by atoms with E-state index in [0.29, 0.717) is 29.9 Å². The lowest BCUT2D eigenvalue weighted by Gasteiger charge is -2.33. The SMILES string of the molecule is CC(C)c1cc(C(=O)Nc2cccc(C(=O)N3CCCCC3C(=O)O)c2)n(C)n1. The molecule has 2 N–H and O–H groups in total. The smallest absolute Gasteiger partial charge is 0.326 e. The standard InChI is InChI=1S/C21H26N4O4/c1-13(2)16-12-18(24(3)23-16)19(26)22-15-8-6-7-14(11-15)20(27)25-10-5-4-9-17(25)21(28)29/h6-8,11-13,17H,4-5,9-10H2,1-3H3,(H,22,26)(H,28,29). The lowest BCUT2D eigenvalue weighted by Crippen LogP contribution is -2.48. The van der Waals surface area contributed by atoms with Crippen LogP contribution in [0.1, 0.15) is 65.6 Å². The minimum absolute atomic E-state index is 0.204. The highest BCUT2D eigenvalue weighted by molar-refractivity contribution is 6.04. The number of piperidine rings is 1. The maximum Gasteiger partial charge on any atom is 0.326 e. The predicted octanol–water partition coefficient (Wildman–Crippen LogP) is 2.88. The molecule has 3 rings (SSSR count). The van der Waals surface area contributed by atoms with E-state index in [1.54, 1.807) is 37.4 Å². The third kappa shape index (κ3) is 4.47. The number of rotatable bonds is 5. The van der Waals surface area contributed by atoms with E-state index < -0.39 is 12.0 Å². The molecule has 0 aliphatic carbocycles. The van der Waals surface area contributed by atoms with E-state index in [1.165, 1.54) is 9.58 Å². The van der Waals surface area contributed by atoms with Gasteiger partial charge in [-0.25, -0.2) is 4.79 Å². The van der Waals surface area contributed by atoms with Crippen LogP contribution in [-0.4, -0.2) is 50.2 Å². The van der Waals surface area contributed by atoms with E-state index in [1.807, 2.05) is 13.8 Å². The quantitative estimate of drug-likeness (QED) is 0.806. The van der Waals surface area contributed by atoms with Crippen LogP contribution in [0.4, 0.5) is 5.69 Å². The second-order valence-corrected chi connectivity index (χ2v) is 7.62. The number of hydrogen-bond donors (Lipinski definition) is 2. The van der Waals surface area contributed by atoms with Gasteiger partial charge in [-0.05, 0) is 49.4 Å². The predicted molar refractivity (Wildman–Crippen MR) is 108 cm³/mol. The topological polar surface area (TPSA) is 105 Å². The van der Waals surface area contributed by atoms with E-state index in [0.717, 1.165) is 18.5 Å². The molecular formula is C21H26N4O4. The molecule has 1 unspecified atom stereocenters. The second kappa shape index (κ2) is 8.46. The molecule has 8 nitrogen and oxygen atoms in total. The molecule has 2 aromatic rings. The number of carboxylic acids is 1. The van der Waals surface area contributed by atoms with Gasteiger partial charge < -0.3 is 15.3 Å². The molecule has 1 aromatic heterocycles. The van der Waals surface area contributed by atoms with Gasteiger partial charge in [-0.2, -0.15) is 5.10 Å². The Morgan fingerprint density at radius 2 is 1.97 bits per heavy atom. The van der Waals surface area contributed by atoms with Crippen LogP contribution in [0.25, 0.3) is 0 Å². The number of carboxylic acid groups (broad SMARTS) is 1. The number of amides is 2. The molecule has 0 radical (unpaired) electrons. The zero-order valence-electron chi connectivity index (χ0n) is 16.9. The number of aromatic nitrogens is 2. The highest BCUT2D eigenvalue weighted by Gasteiger charge is 2.32. The number of carbonyl (C=O) groups is 3. The summed E-state index contributed by atoms with van der Waals surface area (Å²) in [7, 11) is 1.71. The lowest BCUT2D eigenvalue weighted by molar-refractivity contribution is -0.143. The van der Waals surface area contributed by atoms with Crippen molar-refractivity contribution in [2.75, 3.05) is 11.9 Å². The van der Waals surface area contributed by atoms with Crippen LogP contribution in [0.2, 0.25) is 0 Å². The van der Waals surface area contributed by atoms with Gasteiger partial charge in [0.05, 0.1) is 5.69 Å². The first-order valence-electron chi connectivity index (χ1n) is 9.77. The summed E-state index contributed by atoms with van der Waals surface area (Å²) in [6.45, 7) is 4.42. The Morgan fingerprint density at radius 3 is 2.62 bits per heavy atom. The fourth-order valence-corrected chi connectivity index (χ4v) is 3.51. The van der Waals surface area contributed by atoms with Gasteiger partial charge in [0.25, 0.3) is 11.8 Å². The van der Waals surface area contributed by atoms with Gasteiger partial charge in [-0.3, -0.25) is 14.3 Å². The number of anilines is 1. The van der Waals surface area contributed by atoms with Gasteiger partial charge in [-0.15, -0.1) is 0 Å². The first-order chi connectivity index (χ1) is 13.8. The van der Waals surface area contributed by atoms with Crippen LogP contribution in [0, 0.1) is 0 Å². The van der Waals surface area contributed by atoms with Gasteiger partial charge >= 0.3 is 5.97 Å². The first-order valence-corrected chi connectivity index (χ1v) is 9.77. The lowest BCUT2D eigenvalue weighted by atomic mass is 10.0. The van der Waals surface area contributed by atoms with Crippen LogP contribution in [-0.2, 0) is 11.8 Å². The molecule has 2 heterocycles. The van der Waals surface area contributed by atoms with E-state index in [-0.39, 0.29) is 17.7 Å². The molecule has 8 heteroatoms. The highest BCUT2D eigenvalue weighted by Crippen LogP contribution is 2.22. The first kappa shape index (κ1) is 20.6. The molecule has 154 valence electrons. The molecule has 1 saturated heterocycles. The van der Waals surface area contributed by atoms with Gasteiger partial charge in [0.1, 0.15) is 11.7 Å². The molecule has 1 aromatic carbocycles. The van der Waals surface area contributed by atoms with Gasteiger partial charge in [0.15, 0.2) is 0 Å². The van der Waals surface area contributed by atoms with E-state index in [4.69, 9.17) is 0 Å². The summed E-state index contributed by atoms with van der Waals surface area (Å²) < 4.78 is 1.53. The fraction of sp³-hybridized carbons (Fsp3) is 0.429. The normalized spacial score (nSPS) is 16.7. The van der Waals surface area contributed by atoms with Crippen LogP contribution >= 0.6 is 0 Å². The number of nitrogens with zero attached hydrogens (tertiary/aromatic N) is 3. The second-order valence-electron chi connectivity index (χ2n) is 7.62. The van der Waals surface area contributed by atoms with Crippen molar-refractivity contribution in [3.8, 4) is 0 Å². The molecule has 29 heavy (non-hydrogen) atoms. The number of benzene rings is 1. The molecule has 2 amide bonds. The molecular weight excluding hydrogens is 372 g/mol. The van der Waals surface area contributed by atoms with Gasteiger partial charge in [-0.1, -0.05) is 19.9 Å². The molecule has 1 aliphatic rings. The van der Waals surface area contributed by atoms with Crippen molar-refractivity contribution in [2.24, 2.45) is 7.05 Å². The maximum absolute atomic E-state index is 12.9. The summed E-state index contributed by atoms with van der Waals surface area (Å²) >= 11 is 0. The van der Waals surface area contributed by atoms with Gasteiger partial charge in [0, 0.05) is 24.8 Å². The van der Waals surface area contributed by atoms with Crippen LogP contribution in [0.5, 0.6) is 0 Å². The maximum atomic E-state index is 12.9. The molecule has 0 saturated carbocycles. The Hall–Kier alpha value is -3.16. The van der Waals surface area contributed by atoms with E-state index in [2.05, 4.69) is 10.4 Å². The van der Waals surface area contributed by atoms with Gasteiger partial charge in [0.2, 0.25) is 0 Å². The Labute approximate surface area is 169 Å². The average Bonchev–Trinajstić information content (AvgIpc) is 3.10. The number of aryl methyl sites for hydroxylation is 1. The van der Waals surface area contributed by atoms with Crippen molar-refractivity contribution >= 4 is 23.5 Å². The summed E-state index contributed by atoms with van der Waals surface area (Å²) in [6, 6.07) is 7.52. The van der Waals surface area contributed by atoms with Crippen molar-refractivity contribution in [3.05, 3.63) is 47.3 Å². The zero-order chi connectivity index (χ0) is 21.1. The van der Waals surface area contributed by atoms with Crippen molar-refractivity contribution in [1.29, 1.82) is 0 Å². The van der Waals surface area contributed by atoms with Crippen LogP contribution in [0.3, 0.4) is 0 Å². The van der Waals surface area contributed by atoms with Crippen molar-refractivity contribution < 1.29 is 19.5 Å². The summed E-state index contributed by atoms with van der Waals surface area (Å²) in [6.07, 6.45) is 2.03. The summed E-state index contributed by atoms with van der Waals surface area (Å²) in [4.78, 5) is 38.4. The Bertz CT molecular complexity index is 935. The van der Waals surface area contributed by atoms with E-state index >= 15 is 0 Å². The molecule has 1 fully saturated rings. The zero-order valence-corrected chi connectivity index (χ0v) is 16.9. The number of nitrogens with one attached hydrogen (secondary N) is 1. The van der Waals surface area contributed by atoms with Crippen LogP contribution in [0.15, 0.2) is 30.3 Å². The highest BCUT2D eigenvalue weighted by atomic mass is 16.4. The molecule has 1 atom stereocenters. The molecule has 0 bridgehead atoms. The third-order valence-corrected chi connectivity index (χ3v) is 5.14. The Balaban J connectivity index is 1.78. The fourth-order valence-electron chi connectivity index (χ4n) is 3.51. The van der Waals surface area contributed by atoms with E-state index in [9.17, 15) is 19.5 Å². The minimum atomic E-state index is -0.986. The Morgan fingerprint density at radius 1 is 1.21 bits per heavy atom. The number of aliphatic carboxylic acids is 1. The molecule has 1 aliphatic heterocycles. The van der Waals surface area contributed by atoms with Crippen molar-refractivity contribution in [3.63, 3.8) is 0 Å². The van der Waals surface area contributed by atoms with Crippen molar-refractivity contribution in [2.45, 2.75) is 45.1 Å². The largest absolute Gasteiger partial charge is 0.480 e. The monoisotopic (exact) mass is 398 g/mol. The number of carbonyl (C=O) groups excluding carboxylic acids is 2. The average molecular weight is 398 g/mol. The number of hydrogen-bond acceptors (Lipinski definition) is 4. The molecule has 0 spiro atoms. The van der Waals surface area contributed by atoms with Crippen molar-refractivity contribution in [1.82, 2.24) is 14.7 Å². The third-order valence-electron chi connectivity index (χ3n) is 5.14. The minimum Gasteiger partial charge on any atom is -0.480 e. The Kier molecular flexibility index (Phi) is 6.00. The number of likely N-dealkylation sites (tertiary alicyclic amines) is 1. The summed E-state index contributed by atoms with van der Waals surface area (Å²) in [5.41, 5.74) is 2.07. The summed E-state index contributed by atoms with van der Waals surface area (Å²) in [5.74, 6) is -1.44. The summed E-state index contributed by atoms with van der Waals surface area (Å²) in [5, 5.41) is 16.6.